The summed E-state index contributed by atoms with van der Waals surface area (Å²) in [5.41, 5.74) is 6.46. The Morgan fingerprint density at radius 2 is 2.05 bits per heavy atom. The number of hydrogen-bond acceptors (Lipinski definition) is 9. The van der Waals surface area contributed by atoms with Crippen LogP contribution in [0.5, 0.6) is 17.2 Å². The molecule has 3 N–H and O–H groups in total. The molecule has 214 valence electrons. The van der Waals surface area contributed by atoms with Crippen LogP contribution in [-0.4, -0.2) is 84.4 Å². The van der Waals surface area contributed by atoms with Crippen molar-refractivity contribution < 1.29 is 33.3 Å². The van der Waals surface area contributed by atoms with Gasteiger partial charge in [-0.05, 0) is 49.9 Å². The highest BCUT2D eigenvalue weighted by atomic mass is 16.7. The van der Waals surface area contributed by atoms with Gasteiger partial charge in [0.05, 0.1) is 25.8 Å². The first-order valence-corrected chi connectivity index (χ1v) is 13.8. The molecule has 11 nitrogen and oxygen atoms in total. The highest BCUT2D eigenvalue weighted by Gasteiger charge is 2.47. The van der Waals surface area contributed by atoms with Gasteiger partial charge in [-0.3, -0.25) is 14.5 Å². The van der Waals surface area contributed by atoms with Crippen molar-refractivity contribution in [3.63, 3.8) is 0 Å². The number of hydrogen-bond donors (Lipinski definition) is 2. The van der Waals surface area contributed by atoms with E-state index in [4.69, 9.17) is 24.4 Å². The van der Waals surface area contributed by atoms with Crippen molar-refractivity contribution in [2.24, 2.45) is 11.7 Å². The van der Waals surface area contributed by atoms with Gasteiger partial charge in [-0.2, -0.15) is 0 Å². The van der Waals surface area contributed by atoms with Crippen LogP contribution in [0, 0.1) is 5.92 Å². The second-order valence-electron chi connectivity index (χ2n) is 10.1. The number of unbranched alkanes of at least 4 members (excludes halogenated alkanes) is 2. The Kier molecular flexibility index (Phi) is 10.0. The number of aliphatic carboxylic acids is 1. The van der Waals surface area contributed by atoms with E-state index in [1.165, 1.54) is 6.26 Å². The molecule has 3 heterocycles. The highest BCUT2D eigenvalue weighted by Crippen LogP contribution is 2.47. The van der Waals surface area contributed by atoms with Crippen LogP contribution in [0.25, 0.3) is 0 Å². The molecule has 2 aliphatic heterocycles. The molecule has 3 atom stereocenters. The topological polar surface area (TPSA) is 141 Å². The van der Waals surface area contributed by atoms with E-state index >= 15 is 0 Å². The number of fused-ring (bicyclic) bond motifs is 1. The molecule has 0 bridgehead atoms. The van der Waals surface area contributed by atoms with E-state index in [-0.39, 0.29) is 25.2 Å². The number of carboxylic acid groups (broad SMARTS) is 1. The third kappa shape index (κ3) is 6.83. The number of carboxylic acids is 1. The Morgan fingerprint density at radius 1 is 1.23 bits per heavy atom. The van der Waals surface area contributed by atoms with E-state index in [2.05, 4.69) is 11.9 Å². The van der Waals surface area contributed by atoms with Gasteiger partial charge >= 0.3 is 5.97 Å². The Labute approximate surface area is 229 Å². The van der Waals surface area contributed by atoms with Gasteiger partial charge in [0.25, 0.3) is 0 Å². The fourth-order valence-corrected chi connectivity index (χ4v) is 5.63. The standard InChI is InChI=1S/C28H40N4O7/c1-3-4-11-31(12-6-5-9-29)25(33)17-32-16-20(19-14-22(36-2)27-23(15-19)38-18-39-27)26(28(34)35)21(32)7-8-24-30-10-13-37-24/h10,13-15,20-21,26H,3-9,11-12,16-18,29H2,1-2H3,(H,34,35)/t20-,21+,26-/m1/s1. The lowest BCUT2D eigenvalue weighted by molar-refractivity contribution is -0.143. The van der Waals surface area contributed by atoms with E-state index < -0.39 is 17.9 Å². The molecule has 39 heavy (non-hydrogen) atoms. The predicted octanol–water partition coefficient (Wildman–Crippen LogP) is 2.88. The molecule has 11 heteroatoms. The van der Waals surface area contributed by atoms with Crippen LogP contribution < -0.4 is 19.9 Å². The van der Waals surface area contributed by atoms with E-state index in [0.29, 0.717) is 62.2 Å². The molecule has 1 aromatic heterocycles. The zero-order valence-electron chi connectivity index (χ0n) is 22.8. The maximum absolute atomic E-state index is 13.6. The number of aryl methyl sites for hydroxylation is 1. The molecular formula is C28H40N4O7. The zero-order valence-corrected chi connectivity index (χ0v) is 22.8. The molecule has 0 unspecified atom stereocenters. The Hall–Kier alpha value is -3.31. The third-order valence-electron chi connectivity index (χ3n) is 7.63. The number of nitrogens with zero attached hydrogens (tertiary/aromatic N) is 3. The Bertz CT molecular complexity index is 1090. The molecule has 1 amide bonds. The number of likely N-dealkylation sites (tertiary alicyclic amines) is 1. The van der Waals surface area contributed by atoms with Crippen LogP contribution in [0.2, 0.25) is 0 Å². The van der Waals surface area contributed by atoms with Crippen molar-refractivity contribution in [3.8, 4) is 17.2 Å². The molecule has 4 rings (SSSR count). The molecular weight excluding hydrogens is 504 g/mol. The van der Waals surface area contributed by atoms with E-state index in [0.717, 1.165) is 31.2 Å². The number of carbonyl (C=O) groups is 2. The molecule has 0 aliphatic carbocycles. The summed E-state index contributed by atoms with van der Waals surface area (Å²) in [5, 5.41) is 10.5. The molecule has 1 saturated heterocycles. The van der Waals surface area contributed by atoms with E-state index in [1.807, 2.05) is 21.9 Å². The number of oxazole rings is 1. The number of nitrogens with two attached hydrogens (primary N) is 1. The second-order valence-corrected chi connectivity index (χ2v) is 10.1. The fourth-order valence-electron chi connectivity index (χ4n) is 5.63. The monoisotopic (exact) mass is 544 g/mol. The van der Waals surface area contributed by atoms with Gasteiger partial charge in [0.1, 0.15) is 6.26 Å². The molecule has 2 aliphatic rings. The Morgan fingerprint density at radius 3 is 2.74 bits per heavy atom. The van der Waals surface area contributed by atoms with Crippen LogP contribution in [0.3, 0.4) is 0 Å². The SMILES string of the molecule is CCCCN(CCCCN)C(=O)CN1C[C@H](c2cc(OC)c3c(c2)OCO3)[C@@H](C(=O)O)[C@@H]1CCc1ncco1. The van der Waals surface area contributed by atoms with Crippen LogP contribution in [0.4, 0.5) is 0 Å². The number of ether oxygens (including phenoxy) is 3. The van der Waals surface area contributed by atoms with Crippen molar-refractivity contribution >= 4 is 11.9 Å². The minimum Gasteiger partial charge on any atom is -0.493 e. The number of benzene rings is 1. The summed E-state index contributed by atoms with van der Waals surface area (Å²) in [4.78, 5) is 34.5. The lowest BCUT2D eigenvalue weighted by atomic mass is 9.83. The number of amides is 1. The first kappa shape index (κ1) is 28.7. The lowest BCUT2D eigenvalue weighted by Gasteiger charge is -2.29. The number of aromatic nitrogens is 1. The van der Waals surface area contributed by atoms with Gasteiger partial charge in [-0.25, -0.2) is 4.98 Å². The summed E-state index contributed by atoms with van der Waals surface area (Å²) in [6.45, 7) is 4.65. The fraction of sp³-hybridized carbons (Fsp3) is 0.607. The minimum atomic E-state index is -0.908. The summed E-state index contributed by atoms with van der Waals surface area (Å²) in [5.74, 6) is 0.0662. The largest absolute Gasteiger partial charge is 0.493 e. The van der Waals surface area contributed by atoms with Gasteiger partial charge in [0.2, 0.25) is 18.4 Å². The average Bonchev–Trinajstić information content (AvgIpc) is 3.69. The quantitative estimate of drug-likeness (QED) is 0.322. The van der Waals surface area contributed by atoms with Crippen LogP contribution in [0.1, 0.15) is 56.4 Å². The van der Waals surface area contributed by atoms with Crippen molar-refractivity contribution in [1.29, 1.82) is 0 Å². The van der Waals surface area contributed by atoms with Crippen LogP contribution in [-0.2, 0) is 16.0 Å². The summed E-state index contributed by atoms with van der Waals surface area (Å²) in [7, 11) is 1.55. The van der Waals surface area contributed by atoms with Crippen LogP contribution >= 0.6 is 0 Å². The summed E-state index contributed by atoms with van der Waals surface area (Å²) < 4.78 is 22.1. The highest BCUT2D eigenvalue weighted by molar-refractivity contribution is 5.79. The molecule has 2 aromatic rings. The second kappa shape index (κ2) is 13.7. The van der Waals surface area contributed by atoms with E-state index in [9.17, 15) is 14.7 Å². The minimum absolute atomic E-state index is 0.00894. The first-order valence-electron chi connectivity index (χ1n) is 13.8. The van der Waals surface area contributed by atoms with Gasteiger partial charge in [0.15, 0.2) is 17.4 Å². The number of rotatable bonds is 15. The smallest absolute Gasteiger partial charge is 0.308 e. The van der Waals surface area contributed by atoms with Gasteiger partial charge in [-0.1, -0.05) is 13.3 Å². The number of methoxy groups -OCH3 is 1. The third-order valence-corrected chi connectivity index (χ3v) is 7.63. The van der Waals surface area contributed by atoms with Gasteiger partial charge < -0.3 is 34.4 Å². The molecule has 0 saturated carbocycles. The lowest BCUT2D eigenvalue weighted by Crippen LogP contribution is -2.45. The molecule has 1 aromatic carbocycles. The summed E-state index contributed by atoms with van der Waals surface area (Å²) in [6.07, 6.45) is 7.65. The number of carbonyl (C=O) groups excluding carboxylic acids is 1. The zero-order chi connectivity index (χ0) is 27.8. The van der Waals surface area contributed by atoms with Crippen LogP contribution in [0.15, 0.2) is 29.0 Å². The maximum atomic E-state index is 13.6. The first-order chi connectivity index (χ1) is 19.0. The van der Waals surface area contributed by atoms with Crippen molar-refractivity contribution in [1.82, 2.24) is 14.8 Å². The average molecular weight is 545 g/mol. The van der Waals surface area contributed by atoms with Crippen molar-refractivity contribution in [2.45, 2.75) is 57.4 Å². The van der Waals surface area contributed by atoms with E-state index in [1.54, 1.807) is 13.3 Å². The van der Waals surface area contributed by atoms with Crippen molar-refractivity contribution in [3.05, 3.63) is 36.0 Å². The summed E-state index contributed by atoms with van der Waals surface area (Å²) >= 11 is 0. The maximum Gasteiger partial charge on any atom is 0.308 e. The molecule has 0 radical (unpaired) electrons. The predicted molar refractivity (Wildman–Crippen MR) is 143 cm³/mol. The molecule has 1 fully saturated rings. The van der Waals surface area contributed by atoms with Crippen molar-refractivity contribution in [2.75, 3.05) is 46.6 Å². The molecule has 0 spiro atoms. The Balaban J connectivity index is 1.61. The summed E-state index contributed by atoms with van der Waals surface area (Å²) in [6, 6.07) is 3.27. The van der Waals surface area contributed by atoms with Gasteiger partial charge in [0, 0.05) is 38.0 Å². The normalized spacial score (nSPS) is 20.3. The van der Waals surface area contributed by atoms with Gasteiger partial charge in [-0.15, -0.1) is 0 Å².